The van der Waals surface area contributed by atoms with Crippen molar-refractivity contribution in [1.82, 2.24) is 0 Å². The second-order valence-corrected chi connectivity index (χ2v) is 17.1. The molecule has 0 amide bonds. The Morgan fingerprint density at radius 1 is 0.759 bits per heavy atom. The number of methoxy groups -OCH3 is 1. The third kappa shape index (κ3) is 9.03. The summed E-state index contributed by atoms with van der Waals surface area (Å²) in [5.74, 6) is -0.0981. The predicted octanol–water partition coefficient (Wildman–Crippen LogP) is 2.72. The van der Waals surface area contributed by atoms with E-state index in [1.165, 1.54) is 0 Å². The van der Waals surface area contributed by atoms with Gasteiger partial charge in [0.05, 0.1) is 73.8 Å². The van der Waals surface area contributed by atoms with Crippen LogP contribution in [0, 0.1) is 11.8 Å². The molecule has 13 heteroatoms. The molecule has 0 radical (unpaired) electrons. The van der Waals surface area contributed by atoms with Gasteiger partial charge in [0.1, 0.15) is 36.3 Å². The topological polar surface area (TPSA) is 172 Å². The Kier molecular flexibility index (Phi) is 13.7. The molecule has 0 aromatic carbocycles. The Bertz CT molecular complexity index is 1300. The van der Waals surface area contributed by atoms with Gasteiger partial charge in [-0.1, -0.05) is 20.1 Å². The zero-order valence-electron chi connectivity index (χ0n) is 32.1. The molecule has 13 nitrogen and oxygen atoms in total. The average molecular weight is 765 g/mol. The van der Waals surface area contributed by atoms with Crippen molar-refractivity contribution < 1.29 is 63.1 Å². The first-order valence-corrected chi connectivity index (χ1v) is 20.6. The van der Waals surface area contributed by atoms with Crippen molar-refractivity contribution in [2.75, 3.05) is 26.9 Å². The van der Waals surface area contributed by atoms with E-state index in [2.05, 4.69) is 20.1 Å². The molecule has 0 aromatic heterocycles. The van der Waals surface area contributed by atoms with Crippen LogP contribution in [0.5, 0.6) is 0 Å². The molecule has 7 saturated heterocycles. The van der Waals surface area contributed by atoms with E-state index in [4.69, 9.17) is 37.9 Å². The summed E-state index contributed by atoms with van der Waals surface area (Å²) in [6.07, 6.45) is -0.264. The van der Waals surface area contributed by atoms with E-state index < -0.39 is 79.9 Å². The molecule has 7 aliphatic heterocycles. The highest BCUT2D eigenvalue weighted by molar-refractivity contribution is 5.79. The van der Waals surface area contributed by atoms with Gasteiger partial charge in [-0.3, -0.25) is 4.79 Å². The summed E-state index contributed by atoms with van der Waals surface area (Å²) in [5.41, 5.74) is 2.12. The van der Waals surface area contributed by atoms with Gasteiger partial charge in [-0.25, -0.2) is 0 Å². The van der Waals surface area contributed by atoms with Gasteiger partial charge in [0, 0.05) is 51.9 Å². The van der Waals surface area contributed by atoms with Crippen LogP contribution in [0.2, 0.25) is 0 Å². The van der Waals surface area contributed by atoms with Crippen LogP contribution in [0.4, 0.5) is 0 Å². The van der Waals surface area contributed by atoms with Crippen LogP contribution in [-0.2, 0) is 42.7 Å². The van der Waals surface area contributed by atoms with E-state index in [1.54, 1.807) is 7.11 Å². The number of fused-ring (bicyclic) bond motifs is 7. The summed E-state index contributed by atoms with van der Waals surface area (Å²) < 4.78 is 50.6. The Labute approximate surface area is 319 Å². The average Bonchev–Trinajstić information content (AvgIpc) is 3.78. The quantitative estimate of drug-likeness (QED) is 0.309. The minimum atomic E-state index is -1.01. The molecule has 8 bridgehead atoms. The number of rotatable bonds is 4. The Balaban J connectivity index is 1.08. The molecular weight excluding hydrogens is 700 g/mol. The Morgan fingerprint density at radius 2 is 1.50 bits per heavy atom. The van der Waals surface area contributed by atoms with Gasteiger partial charge in [-0.05, 0) is 74.9 Å². The fourth-order valence-electron chi connectivity index (χ4n) is 10.3. The molecule has 0 spiro atoms. The lowest BCUT2D eigenvalue weighted by Gasteiger charge is -2.46. The molecule has 13 unspecified atom stereocenters. The summed E-state index contributed by atoms with van der Waals surface area (Å²) in [7, 11) is 1.59. The van der Waals surface area contributed by atoms with Gasteiger partial charge in [0.2, 0.25) is 0 Å². The van der Waals surface area contributed by atoms with Crippen molar-refractivity contribution in [2.24, 2.45) is 11.8 Å². The molecule has 7 heterocycles. The van der Waals surface area contributed by atoms with Crippen LogP contribution in [-0.4, -0.2) is 151 Å². The summed E-state index contributed by atoms with van der Waals surface area (Å²) in [6, 6.07) is 0. The lowest BCUT2D eigenvalue weighted by Crippen LogP contribution is -2.61. The number of hydrogen-bond acceptors (Lipinski definition) is 13. The molecule has 7 fully saturated rings. The number of ether oxygens (including phenoxy) is 8. The van der Waals surface area contributed by atoms with E-state index in [1.807, 2.05) is 0 Å². The molecule has 0 aliphatic carbocycles. The number of aliphatic hydroxyl groups excluding tert-OH is 4. The maximum atomic E-state index is 13.9. The van der Waals surface area contributed by atoms with Crippen LogP contribution in [0.1, 0.15) is 90.4 Å². The zero-order valence-corrected chi connectivity index (χ0v) is 32.1. The summed E-state index contributed by atoms with van der Waals surface area (Å²) in [4.78, 5) is 13.9. The lowest BCUT2D eigenvalue weighted by atomic mass is 9.81. The van der Waals surface area contributed by atoms with Crippen LogP contribution in [0.3, 0.4) is 0 Å². The first kappa shape index (κ1) is 40.9. The SMILES string of the molecule is C=C1CC2CCCOCC[C@H]3OC4C(O)[C@H]5OC(CCC5O[C@H]4C3O)CC(=O)CC3C(CC4OC(CCC1O2)C[C@@H](C)C4=C)OC(CC(O)CO)[C@@H]3OC. The summed E-state index contributed by atoms with van der Waals surface area (Å²) >= 11 is 0. The van der Waals surface area contributed by atoms with Gasteiger partial charge in [-0.15, -0.1) is 0 Å². The van der Waals surface area contributed by atoms with E-state index in [9.17, 15) is 25.2 Å². The van der Waals surface area contributed by atoms with Crippen molar-refractivity contribution in [3.8, 4) is 0 Å². The number of hydrogen-bond donors (Lipinski definition) is 4. The summed E-state index contributed by atoms with van der Waals surface area (Å²) in [5, 5.41) is 42.6. The minimum Gasteiger partial charge on any atom is -0.394 e. The van der Waals surface area contributed by atoms with Gasteiger partial charge >= 0.3 is 0 Å². The molecule has 7 aliphatic rings. The van der Waals surface area contributed by atoms with Gasteiger partial charge in [0.25, 0.3) is 0 Å². The first-order chi connectivity index (χ1) is 26.0. The van der Waals surface area contributed by atoms with Crippen LogP contribution < -0.4 is 0 Å². The maximum absolute atomic E-state index is 13.9. The third-order valence-electron chi connectivity index (χ3n) is 13.3. The fourth-order valence-corrected chi connectivity index (χ4v) is 10.3. The molecule has 306 valence electrons. The fraction of sp³-hybridized carbons (Fsp3) is 0.878. The van der Waals surface area contributed by atoms with Crippen molar-refractivity contribution in [2.45, 2.75) is 188 Å². The first-order valence-electron chi connectivity index (χ1n) is 20.6. The predicted molar refractivity (Wildman–Crippen MR) is 195 cm³/mol. The second-order valence-electron chi connectivity index (χ2n) is 17.1. The molecule has 54 heavy (non-hydrogen) atoms. The van der Waals surface area contributed by atoms with Gasteiger partial charge in [0.15, 0.2) is 0 Å². The molecule has 0 aromatic rings. The number of carbonyl (C=O) groups is 1. The highest BCUT2D eigenvalue weighted by atomic mass is 16.6. The minimum absolute atomic E-state index is 0.00754. The van der Waals surface area contributed by atoms with Gasteiger partial charge in [-0.2, -0.15) is 0 Å². The van der Waals surface area contributed by atoms with E-state index in [0.29, 0.717) is 38.9 Å². The summed E-state index contributed by atoms with van der Waals surface area (Å²) in [6.45, 7) is 11.5. The highest BCUT2D eigenvalue weighted by Crippen LogP contribution is 2.43. The molecule has 0 saturated carbocycles. The van der Waals surface area contributed by atoms with Crippen LogP contribution in [0.15, 0.2) is 24.3 Å². The Morgan fingerprint density at radius 3 is 2.30 bits per heavy atom. The lowest BCUT2D eigenvalue weighted by molar-refractivity contribution is -0.259. The van der Waals surface area contributed by atoms with Crippen LogP contribution in [0.25, 0.3) is 0 Å². The maximum Gasteiger partial charge on any atom is 0.135 e. The largest absolute Gasteiger partial charge is 0.394 e. The molecule has 7 rings (SSSR count). The van der Waals surface area contributed by atoms with Crippen molar-refractivity contribution in [3.05, 3.63) is 24.3 Å². The van der Waals surface area contributed by atoms with E-state index in [0.717, 1.165) is 49.7 Å². The number of carbonyl (C=O) groups excluding carboxylic acids is 1. The normalized spacial score (nSPS) is 47.4. The zero-order chi connectivity index (χ0) is 38.1. The molecule has 18 atom stereocenters. The highest BCUT2D eigenvalue weighted by Gasteiger charge is 2.57. The standard InChI is InChI=1S/C41H64O13/c1-21-14-27-7-9-30-22(2)15-26(49-30)6-5-12-48-13-11-31-36(45)40-41(53-31)37(46)39-32(54-40)10-8-28(51-39)16-24(43)17-29-34(19-33(50-27)23(21)3)52-35(38(29)47-4)18-25(44)20-42/h21,25-42,44-46H,2-3,5-20H2,1,4H3/t21-,25?,26?,27?,28?,29?,30?,31-,32?,33?,34?,35?,36?,37?,38-,39+,40+,41?/m1/s1. The van der Waals surface area contributed by atoms with Crippen molar-refractivity contribution in [3.63, 3.8) is 0 Å². The molecular formula is C41H64O13. The van der Waals surface area contributed by atoms with Crippen LogP contribution >= 0.6 is 0 Å². The monoisotopic (exact) mass is 764 g/mol. The third-order valence-corrected chi connectivity index (χ3v) is 13.3. The number of aliphatic hydroxyl groups is 4. The molecule has 4 N–H and O–H groups in total. The number of ketones is 1. The van der Waals surface area contributed by atoms with Gasteiger partial charge < -0.3 is 58.3 Å². The van der Waals surface area contributed by atoms with E-state index >= 15 is 0 Å². The second kappa shape index (κ2) is 18.1. The van der Waals surface area contributed by atoms with Crippen molar-refractivity contribution >= 4 is 5.78 Å². The number of Topliss-reactive ketones (excluding diaryl/α,β-unsaturated/α-hetero) is 1. The Hall–Kier alpha value is -1.33. The van der Waals surface area contributed by atoms with E-state index in [-0.39, 0.29) is 61.3 Å². The van der Waals surface area contributed by atoms with Crippen molar-refractivity contribution in [1.29, 1.82) is 0 Å². The smallest absolute Gasteiger partial charge is 0.135 e.